The van der Waals surface area contributed by atoms with Gasteiger partial charge in [0, 0.05) is 49.9 Å². The van der Waals surface area contributed by atoms with Gasteiger partial charge >= 0.3 is 0 Å². The summed E-state index contributed by atoms with van der Waals surface area (Å²) in [6, 6.07) is 15.7. The van der Waals surface area contributed by atoms with Gasteiger partial charge in [0.1, 0.15) is 0 Å². The van der Waals surface area contributed by atoms with Gasteiger partial charge in [0.15, 0.2) is 0 Å². The van der Waals surface area contributed by atoms with Crippen LogP contribution in [0.3, 0.4) is 0 Å². The number of morpholine rings is 1. The van der Waals surface area contributed by atoms with Gasteiger partial charge < -0.3 is 14.5 Å². The quantitative estimate of drug-likeness (QED) is 0.662. The summed E-state index contributed by atoms with van der Waals surface area (Å²) < 4.78 is 5.43. The van der Waals surface area contributed by atoms with Crippen LogP contribution in [0.2, 0.25) is 5.02 Å². The Labute approximate surface area is 178 Å². The molecule has 2 aromatic carbocycles. The number of rotatable bonds is 8. The highest BCUT2D eigenvalue weighted by Crippen LogP contribution is 2.16. The molecule has 6 heteroatoms. The lowest BCUT2D eigenvalue weighted by molar-refractivity contribution is 0.0341. The fraction of sp³-hybridized carbons (Fsp3) is 0.435. The van der Waals surface area contributed by atoms with E-state index in [-0.39, 0.29) is 5.91 Å². The Bertz CT molecular complexity index is 789. The summed E-state index contributed by atoms with van der Waals surface area (Å²) in [6.45, 7) is 6.31. The largest absolute Gasteiger partial charge is 0.379 e. The molecule has 1 saturated heterocycles. The fourth-order valence-electron chi connectivity index (χ4n) is 3.39. The molecule has 0 unspecified atom stereocenters. The van der Waals surface area contributed by atoms with Gasteiger partial charge in [-0.05, 0) is 49.5 Å². The summed E-state index contributed by atoms with van der Waals surface area (Å²) in [5.41, 5.74) is 2.98. The van der Waals surface area contributed by atoms with Crippen molar-refractivity contribution in [2.24, 2.45) is 0 Å². The molecule has 1 fully saturated rings. The minimum absolute atomic E-state index is 0.0608. The maximum atomic E-state index is 13.3. The van der Waals surface area contributed by atoms with Crippen LogP contribution in [-0.4, -0.2) is 74.1 Å². The van der Waals surface area contributed by atoms with E-state index in [2.05, 4.69) is 15.9 Å². The lowest BCUT2D eigenvalue weighted by atomic mass is 10.1. The van der Waals surface area contributed by atoms with Gasteiger partial charge in [-0.1, -0.05) is 35.9 Å². The molecule has 0 bridgehead atoms. The number of nitrogens with zero attached hydrogens (tertiary/aromatic N) is 3. The standard InChI is InChI=1S/C23H30ClN3O2/c1-25(2)10-11-27(18-19-6-8-22(24)9-7-19)23(28)21-5-3-4-20(16-21)17-26-12-14-29-15-13-26/h3-9,16H,10-15,17-18H2,1-2H3. The molecule has 0 spiro atoms. The lowest BCUT2D eigenvalue weighted by Gasteiger charge is -2.27. The Morgan fingerprint density at radius 1 is 1.03 bits per heavy atom. The van der Waals surface area contributed by atoms with E-state index in [0.717, 1.165) is 56.1 Å². The number of ether oxygens (including phenoxy) is 1. The van der Waals surface area contributed by atoms with Crippen molar-refractivity contribution in [2.75, 3.05) is 53.5 Å². The highest BCUT2D eigenvalue weighted by atomic mass is 35.5. The number of likely N-dealkylation sites (N-methyl/N-ethyl adjacent to an activating group) is 1. The van der Waals surface area contributed by atoms with Crippen LogP contribution >= 0.6 is 11.6 Å². The Balaban J connectivity index is 1.73. The molecule has 0 aliphatic carbocycles. The molecular weight excluding hydrogens is 386 g/mol. The van der Waals surface area contributed by atoms with Crippen LogP contribution in [0.25, 0.3) is 0 Å². The first kappa shape index (κ1) is 21.8. The predicted molar refractivity (Wildman–Crippen MR) is 117 cm³/mol. The van der Waals surface area contributed by atoms with E-state index < -0.39 is 0 Å². The van der Waals surface area contributed by atoms with Crippen LogP contribution in [0.1, 0.15) is 21.5 Å². The van der Waals surface area contributed by atoms with Gasteiger partial charge in [0.25, 0.3) is 5.91 Å². The normalized spacial score (nSPS) is 14.9. The molecule has 0 aromatic heterocycles. The third-order valence-corrected chi connectivity index (χ3v) is 5.33. The zero-order chi connectivity index (χ0) is 20.6. The fourth-order valence-corrected chi connectivity index (χ4v) is 3.51. The second-order valence-electron chi connectivity index (χ2n) is 7.75. The molecule has 1 aliphatic heterocycles. The van der Waals surface area contributed by atoms with Gasteiger partial charge in [-0.2, -0.15) is 0 Å². The number of carbonyl (C=O) groups excluding carboxylic acids is 1. The number of hydrogen-bond acceptors (Lipinski definition) is 4. The van der Waals surface area contributed by atoms with Crippen molar-refractivity contribution in [3.05, 3.63) is 70.2 Å². The molecule has 0 atom stereocenters. The van der Waals surface area contributed by atoms with Crippen LogP contribution in [0.15, 0.2) is 48.5 Å². The van der Waals surface area contributed by atoms with Crippen molar-refractivity contribution >= 4 is 17.5 Å². The molecule has 156 valence electrons. The summed E-state index contributed by atoms with van der Waals surface area (Å²) in [6.07, 6.45) is 0. The van der Waals surface area contributed by atoms with E-state index in [0.29, 0.717) is 18.1 Å². The minimum atomic E-state index is 0.0608. The average molecular weight is 416 g/mol. The monoisotopic (exact) mass is 415 g/mol. The number of hydrogen-bond donors (Lipinski definition) is 0. The number of halogens is 1. The first-order valence-corrected chi connectivity index (χ1v) is 10.5. The third-order valence-electron chi connectivity index (χ3n) is 5.07. The van der Waals surface area contributed by atoms with E-state index in [1.54, 1.807) is 0 Å². The van der Waals surface area contributed by atoms with Gasteiger partial charge in [0.2, 0.25) is 0 Å². The molecule has 5 nitrogen and oxygen atoms in total. The van der Waals surface area contributed by atoms with Crippen LogP contribution in [0, 0.1) is 0 Å². The van der Waals surface area contributed by atoms with Gasteiger partial charge in [-0.15, -0.1) is 0 Å². The molecule has 2 aromatic rings. The topological polar surface area (TPSA) is 36.0 Å². The SMILES string of the molecule is CN(C)CCN(Cc1ccc(Cl)cc1)C(=O)c1cccc(CN2CCOCC2)c1. The zero-order valence-corrected chi connectivity index (χ0v) is 18.1. The van der Waals surface area contributed by atoms with Crippen molar-refractivity contribution in [2.45, 2.75) is 13.1 Å². The smallest absolute Gasteiger partial charge is 0.254 e. The van der Waals surface area contributed by atoms with Crippen molar-refractivity contribution in [1.82, 2.24) is 14.7 Å². The molecule has 3 rings (SSSR count). The first-order chi connectivity index (χ1) is 14.0. The van der Waals surface area contributed by atoms with Gasteiger partial charge in [-0.3, -0.25) is 9.69 Å². The number of benzene rings is 2. The van der Waals surface area contributed by atoms with Crippen molar-refractivity contribution in [3.8, 4) is 0 Å². The highest BCUT2D eigenvalue weighted by Gasteiger charge is 2.18. The maximum absolute atomic E-state index is 13.3. The number of amides is 1. The van der Waals surface area contributed by atoms with E-state index in [1.165, 1.54) is 0 Å². The second kappa shape index (κ2) is 10.7. The van der Waals surface area contributed by atoms with Crippen molar-refractivity contribution < 1.29 is 9.53 Å². The Morgan fingerprint density at radius 3 is 2.45 bits per heavy atom. The van der Waals surface area contributed by atoms with Crippen LogP contribution in [0.4, 0.5) is 0 Å². The first-order valence-electron chi connectivity index (χ1n) is 10.1. The van der Waals surface area contributed by atoms with Crippen LogP contribution in [-0.2, 0) is 17.8 Å². The molecule has 1 amide bonds. The molecule has 1 heterocycles. The summed E-state index contributed by atoms with van der Waals surface area (Å²) in [5.74, 6) is 0.0608. The molecule has 0 radical (unpaired) electrons. The van der Waals surface area contributed by atoms with Crippen LogP contribution < -0.4 is 0 Å². The molecule has 0 saturated carbocycles. The minimum Gasteiger partial charge on any atom is -0.379 e. The molecule has 0 N–H and O–H groups in total. The maximum Gasteiger partial charge on any atom is 0.254 e. The molecule has 1 aliphatic rings. The van der Waals surface area contributed by atoms with Gasteiger partial charge in [0.05, 0.1) is 13.2 Å². The van der Waals surface area contributed by atoms with Crippen LogP contribution in [0.5, 0.6) is 0 Å². The Kier molecular flexibility index (Phi) is 8.07. The summed E-state index contributed by atoms with van der Waals surface area (Å²) in [4.78, 5) is 19.7. The molecule has 29 heavy (non-hydrogen) atoms. The van der Waals surface area contributed by atoms with E-state index in [1.807, 2.05) is 61.5 Å². The van der Waals surface area contributed by atoms with Gasteiger partial charge in [-0.25, -0.2) is 0 Å². The average Bonchev–Trinajstić information content (AvgIpc) is 2.73. The predicted octanol–water partition coefficient (Wildman–Crippen LogP) is 3.38. The summed E-state index contributed by atoms with van der Waals surface area (Å²) >= 11 is 6.01. The molecular formula is C23H30ClN3O2. The van der Waals surface area contributed by atoms with Crippen molar-refractivity contribution in [1.29, 1.82) is 0 Å². The third kappa shape index (κ3) is 6.82. The van der Waals surface area contributed by atoms with E-state index in [4.69, 9.17) is 16.3 Å². The highest BCUT2D eigenvalue weighted by molar-refractivity contribution is 6.30. The van der Waals surface area contributed by atoms with E-state index >= 15 is 0 Å². The number of carbonyl (C=O) groups is 1. The van der Waals surface area contributed by atoms with E-state index in [9.17, 15) is 4.79 Å². The second-order valence-corrected chi connectivity index (χ2v) is 8.18. The zero-order valence-electron chi connectivity index (χ0n) is 17.3. The lowest BCUT2D eigenvalue weighted by Crippen LogP contribution is -2.37. The van der Waals surface area contributed by atoms with Crippen molar-refractivity contribution in [3.63, 3.8) is 0 Å². The summed E-state index contributed by atoms with van der Waals surface area (Å²) in [5, 5.41) is 0.704. The summed E-state index contributed by atoms with van der Waals surface area (Å²) in [7, 11) is 4.04. The Hall–Kier alpha value is -1.92. The Morgan fingerprint density at radius 2 is 1.76 bits per heavy atom.